The van der Waals surface area contributed by atoms with E-state index in [-0.39, 0.29) is 10.9 Å². The third-order valence-corrected chi connectivity index (χ3v) is 7.02. The van der Waals surface area contributed by atoms with Gasteiger partial charge in [-0.1, -0.05) is 6.07 Å². The zero-order valence-electron chi connectivity index (χ0n) is 17.1. The molecule has 2 heterocycles. The second kappa shape index (κ2) is 10.5. The predicted octanol–water partition coefficient (Wildman–Crippen LogP) is 2.84. The zero-order chi connectivity index (χ0) is 21.4. The van der Waals surface area contributed by atoms with E-state index in [1.54, 1.807) is 42.0 Å². The van der Waals surface area contributed by atoms with Gasteiger partial charge in [-0.05, 0) is 61.1 Å². The van der Waals surface area contributed by atoms with E-state index >= 15 is 0 Å². The summed E-state index contributed by atoms with van der Waals surface area (Å²) >= 11 is 0. The Balaban J connectivity index is 1.56. The van der Waals surface area contributed by atoms with Crippen LogP contribution in [0.3, 0.4) is 0 Å². The molecule has 30 heavy (non-hydrogen) atoms. The number of carbonyl (C=O) groups is 1. The van der Waals surface area contributed by atoms with Crippen LogP contribution in [0.5, 0.6) is 0 Å². The van der Waals surface area contributed by atoms with Crippen LogP contribution in [0.25, 0.3) is 0 Å². The maximum atomic E-state index is 13.0. The summed E-state index contributed by atoms with van der Waals surface area (Å²) in [7, 11) is -1.90. The molecule has 162 valence electrons. The first kappa shape index (κ1) is 22.2. The van der Waals surface area contributed by atoms with Crippen LogP contribution in [0.2, 0.25) is 0 Å². The molecule has 3 rings (SSSR count). The number of carbonyl (C=O) groups excluding carboxylic acids is 1. The highest BCUT2D eigenvalue weighted by atomic mass is 32.2. The minimum atomic E-state index is -3.55. The van der Waals surface area contributed by atoms with E-state index < -0.39 is 10.0 Å². The number of amides is 2. The van der Waals surface area contributed by atoms with E-state index in [1.165, 1.54) is 12.1 Å². The fourth-order valence-corrected chi connectivity index (χ4v) is 5.04. The van der Waals surface area contributed by atoms with Crippen molar-refractivity contribution in [3.05, 3.63) is 54.4 Å². The number of urea groups is 1. The van der Waals surface area contributed by atoms with Gasteiger partial charge in [0.25, 0.3) is 0 Å². The summed E-state index contributed by atoms with van der Waals surface area (Å²) in [5.74, 6) is 0.318. The Morgan fingerprint density at radius 3 is 2.77 bits per heavy atom. The first-order chi connectivity index (χ1) is 14.5. The molecule has 9 heteroatoms. The summed E-state index contributed by atoms with van der Waals surface area (Å²) in [5.41, 5.74) is 1.41. The maximum absolute atomic E-state index is 13.0. The highest BCUT2D eigenvalue weighted by Gasteiger charge is 2.30. The Kier molecular flexibility index (Phi) is 7.78. The molecule has 1 aromatic heterocycles. The minimum Gasteiger partial charge on any atom is -0.385 e. The molecular weight excluding hydrogens is 404 g/mol. The number of rotatable bonds is 8. The maximum Gasteiger partial charge on any atom is 0.319 e. The quantitative estimate of drug-likeness (QED) is 0.668. The lowest BCUT2D eigenvalue weighted by Crippen LogP contribution is -2.40. The molecule has 0 spiro atoms. The molecule has 1 saturated heterocycles. The Hall–Kier alpha value is -2.49. The Morgan fingerprint density at radius 1 is 1.27 bits per heavy atom. The van der Waals surface area contributed by atoms with Crippen LogP contribution in [0.1, 0.15) is 24.8 Å². The van der Waals surface area contributed by atoms with Crippen molar-refractivity contribution in [3.63, 3.8) is 0 Å². The van der Waals surface area contributed by atoms with Crippen molar-refractivity contribution >= 4 is 21.7 Å². The van der Waals surface area contributed by atoms with Gasteiger partial charge in [0, 0.05) is 51.4 Å². The molecule has 1 atom stereocenters. The molecule has 1 fully saturated rings. The van der Waals surface area contributed by atoms with E-state index in [1.807, 2.05) is 6.07 Å². The Bertz CT molecular complexity index is 920. The summed E-state index contributed by atoms with van der Waals surface area (Å²) in [6, 6.07) is 9.57. The number of nitrogens with zero attached hydrogens (tertiary/aromatic N) is 2. The summed E-state index contributed by atoms with van der Waals surface area (Å²) < 4.78 is 32.7. The first-order valence-corrected chi connectivity index (χ1v) is 11.5. The van der Waals surface area contributed by atoms with Crippen LogP contribution >= 0.6 is 0 Å². The average Bonchev–Trinajstić information content (AvgIpc) is 2.77. The minimum absolute atomic E-state index is 0.233. The van der Waals surface area contributed by atoms with Gasteiger partial charge in [0.2, 0.25) is 10.0 Å². The van der Waals surface area contributed by atoms with Crippen molar-refractivity contribution < 1.29 is 17.9 Å². The lowest BCUT2D eigenvalue weighted by atomic mass is 9.97. The summed E-state index contributed by atoms with van der Waals surface area (Å²) in [5, 5.41) is 5.45. The fraction of sp³-hybridized carbons (Fsp3) is 0.429. The number of sulfonamides is 1. The predicted molar refractivity (Wildman–Crippen MR) is 115 cm³/mol. The van der Waals surface area contributed by atoms with Crippen LogP contribution in [0.15, 0.2) is 53.7 Å². The third-order valence-electron chi connectivity index (χ3n) is 5.14. The summed E-state index contributed by atoms with van der Waals surface area (Å²) in [6.45, 7) is 2.04. The number of aromatic nitrogens is 1. The lowest BCUT2D eigenvalue weighted by molar-refractivity contribution is 0.156. The smallest absolute Gasteiger partial charge is 0.319 e. The van der Waals surface area contributed by atoms with E-state index in [9.17, 15) is 13.2 Å². The Morgan fingerprint density at radius 2 is 2.07 bits per heavy atom. The number of hydrogen-bond acceptors (Lipinski definition) is 5. The van der Waals surface area contributed by atoms with Crippen LogP contribution in [-0.2, 0) is 21.3 Å². The van der Waals surface area contributed by atoms with Gasteiger partial charge in [-0.25, -0.2) is 13.2 Å². The molecule has 0 radical (unpaired) electrons. The largest absolute Gasteiger partial charge is 0.385 e. The SMILES string of the molecule is COCCC1CCCN(S(=O)(=O)c2ccc(NC(=O)NCc3cccnc3)cc2)C1. The van der Waals surface area contributed by atoms with Crippen molar-refractivity contribution in [1.29, 1.82) is 0 Å². The van der Waals surface area contributed by atoms with Crippen molar-refractivity contribution in [3.8, 4) is 0 Å². The van der Waals surface area contributed by atoms with Crippen molar-refractivity contribution in [2.24, 2.45) is 5.92 Å². The van der Waals surface area contributed by atoms with Gasteiger partial charge in [0.1, 0.15) is 0 Å². The summed E-state index contributed by atoms with van der Waals surface area (Å²) in [4.78, 5) is 16.3. The van der Waals surface area contributed by atoms with Crippen molar-refractivity contribution in [2.75, 3.05) is 32.1 Å². The van der Waals surface area contributed by atoms with Crippen molar-refractivity contribution in [1.82, 2.24) is 14.6 Å². The molecule has 0 saturated carbocycles. The average molecular weight is 433 g/mol. The van der Waals surface area contributed by atoms with Crippen LogP contribution in [-0.4, -0.2) is 50.5 Å². The van der Waals surface area contributed by atoms with Gasteiger partial charge in [-0.15, -0.1) is 0 Å². The molecule has 1 aromatic carbocycles. The molecule has 1 unspecified atom stereocenters. The van der Waals surface area contributed by atoms with Crippen LogP contribution in [0, 0.1) is 5.92 Å². The van der Waals surface area contributed by atoms with Gasteiger partial charge in [0.15, 0.2) is 0 Å². The van der Waals surface area contributed by atoms with E-state index in [4.69, 9.17) is 4.74 Å². The molecular formula is C21H28N4O4S. The second-order valence-electron chi connectivity index (χ2n) is 7.35. The van der Waals surface area contributed by atoms with Crippen LogP contribution in [0.4, 0.5) is 10.5 Å². The zero-order valence-corrected chi connectivity index (χ0v) is 17.9. The van der Waals surface area contributed by atoms with Gasteiger partial charge < -0.3 is 15.4 Å². The highest BCUT2D eigenvalue weighted by Crippen LogP contribution is 2.26. The number of ether oxygens (including phenoxy) is 1. The van der Waals surface area contributed by atoms with E-state index in [2.05, 4.69) is 15.6 Å². The Labute approximate surface area is 177 Å². The fourth-order valence-electron chi connectivity index (χ4n) is 3.48. The van der Waals surface area contributed by atoms with Crippen molar-refractivity contribution in [2.45, 2.75) is 30.7 Å². The van der Waals surface area contributed by atoms with Gasteiger partial charge >= 0.3 is 6.03 Å². The number of methoxy groups -OCH3 is 1. The molecule has 1 aliphatic rings. The molecule has 0 bridgehead atoms. The number of nitrogens with one attached hydrogen (secondary N) is 2. The summed E-state index contributed by atoms with van der Waals surface area (Å²) in [6.07, 6.45) is 6.08. The molecule has 2 N–H and O–H groups in total. The van der Waals surface area contributed by atoms with Crippen LogP contribution < -0.4 is 10.6 Å². The third kappa shape index (κ3) is 6.01. The first-order valence-electron chi connectivity index (χ1n) is 10.0. The second-order valence-corrected chi connectivity index (χ2v) is 9.28. The number of benzene rings is 1. The number of piperidine rings is 1. The van der Waals surface area contributed by atoms with Gasteiger partial charge in [-0.3, -0.25) is 4.98 Å². The molecule has 1 aliphatic heterocycles. The molecule has 2 amide bonds. The highest BCUT2D eigenvalue weighted by molar-refractivity contribution is 7.89. The molecule has 8 nitrogen and oxygen atoms in total. The van der Waals surface area contributed by atoms with E-state index in [0.717, 1.165) is 24.8 Å². The van der Waals surface area contributed by atoms with Gasteiger partial charge in [-0.2, -0.15) is 4.31 Å². The normalized spacial score (nSPS) is 17.4. The standard InChI is InChI=1S/C21H28N4O4S/c1-29-13-10-17-5-3-12-25(16-17)30(27,28)20-8-6-19(7-9-20)24-21(26)23-15-18-4-2-11-22-14-18/h2,4,6-9,11,14,17H,3,5,10,12-13,15-16H2,1H3,(H2,23,24,26). The molecule has 2 aromatic rings. The lowest BCUT2D eigenvalue weighted by Gasteiger charge is -2.31. The number of anilines is 1. The number of hydrogen-bond donors (Lipinski definition) is 2. The topological polar surface area (TPSA) is 101 Å². The number of pyridine rings is 1. The van der Waals surface area contributed by atoms with E-state index in [0.29, 0.717) is 37.8 Å². The van der Waals surface area contributed by atoms with Gasteiger partial charge in [0.05, 0.1) is 4.90 Å². The monoisotopic (exact) mass is 432 g/mol. The molecule has 0 aliphatic carbocycles.